The predicted molar refractivity (Wildman–Crippen MR) is 78.4 cm³/mol. The summed E-state index contributed by atoms with van der Waals surface area (Å²) in [7, 11) is 0. The summed E-state index contributed by atoms with van der Waals surface area (Å²) < 4.78 is 0. The maximum atomic E-state index is 4.53. The molecule has 3 heteroatoms. The van der Waals surface area contributed by atoms with Crippen molar-refractivity contribution in [3.8, 4) is 0 Å². The molecule has 0 aliphatic carbocycles. The summed E-state index contributed by atoms with van der Waals surface area (Å²) in [5, 5.41) is 4.97. The molecule has 2 saturated heterocycles. The lowest BCUT2D eigenvalue weighted by molar-refractivity contribution is 0.318. The molecule has 0 saturated carbocycles. The number of nitrogens with zero attached hydrogens (tertiary/aromatic N) is 2. The van der Waals surface area contributed by atoms with Crippen molar-refractivity contribution in [1.82, 2.24) is 9.88 Å². The highest BCUT2D eigenvalue weighted by atomic mass is 15.2. The lowest BCUT2D eigenvalue weighted by Crippen LogP contribution is -2.33. The Balaban J connectivity index is 1.65. The number of rotatable bonds is 2. The first-order valence-corrected chi connectivity index (χ1v) is 7.26. The molecule has 4 rings (SSSR count). The molecule has 1 aromatic carbocycles. The van der Waals surface area contributed by atoms with Crippen LogP contribution in [0.25, 0.3) is 10.9 Å². The number of pyridine rings is 1. The fraction of sp³-hybridized carbons (Fsp3) is 0.438. The average molecular weight is 253 g/mol. The van der Waals surface area contributed by atoms with Gasteiger partial charge in [-0.05, 0) is 37.9 Å². The van der Waals surface area contributed by atoms with Gasteiger partial charge < -0.3 is 5.32 Å². The zero-order chi connectivity index (χ0) is 12.7. The monoisotopic (exact) mass is 253 g/mol. The summed E-state index contributed by atoms with van der Waals surface area (Å²) in [6, 6.07) is 11.9. The summed E-state index contributed by atoms with van der Waals surface area (Å²) in [5.41, 5.74) is 2.29. The van der Waals surface area contributed by atoms with Crippen molar-refractivity contribution >= 4 is 16.6 Å². The van der Waals surface area contributed by atoms with Crippen molar-refractivity contribution in [3.05, 3.63) is 36.5 Å². The lowest BCUT2D eigenvalue weighted by atomic mass is 10.1. The molecule has 0 bridgehead atoms. The van der Waals surface area contributed by atoms with Crippen LogP contribution < -0.4 is 5.32 Å². The molecule has 1 N–H and O–H groups in total. The molecule has 2 aliphatic rings. The highest BCUT2D eigenvalue weighted by Gasteiger charge is 2.37. The third-order valence-electron chi connectivity index (χ3n) is 4.58. The van der Waals surface area contributed by atoms with Crippen LogP contribution >= 0.6 is 0 Å². The van der Waals surface area contributed by atoms with Crippen molar-refractivity contribution in [2.75, 3.05) is 18.4 Å². The smallest absolute Gasteiger partial charge is 0.0933 e. The minimum absolute atomic E-state index is 0.593. The van der Waals surface area contributed by atoms with Gasteiger partial charge in [0, 0.05) is 30.2 Å². The molecule has 0 radical (unpaired) electrons. The van der Waals surface area contributed by atoms with Crippen molar-refractivity contribution in [2.24, 2.45) is 0 Å². The number of aromatic nitrogens is 1. The molecule has 0 amide bonds. The third-order valence-corrected chi connectivity index (χ3v) is 4.58. The van der Waals surface area contributed by atoms with E-state index in [2.05, 4.69) is 39.5 Å². The van der Waals surface area contributed by atoms with Gasteiger partial charge >= 0.3 is 0 Å². The van der Waals surface area contributed by atoms with Crippen LogP contribution in [0.2, 0.25) is 0 Å². The molecule has 98 valence electrons. The van der Waals surface area contributed by atoms with Crippen molar-refractivity contribution in [1.29, 1.82) is 0 Å². The molecule has 3 heterocycles. The van der Waals surface area contributed by atoms with Crippen molar-refractivity contribution < 1.29 is 0 Å². The van der Waals surface area contributed by atoms with Crippen LogP contribution in [0, 0.1) is 0 Å². The van der Waals surface area contributed by atoms with Gasteiger partial charge in [-0.15, -0.1) is 0 Å². The van der Waals surface area contributed by atoms with Gasteiger partial charge in [0.05, 0.1) is 11.2 Å². The number of fused-ring (bicyclic) bond motifs is 2. The second kappa shape index (κ2) is 4.49. The van der Waals surface area contributed by atoms with Crippen LogP contribution in [0.15, 0.2) is 36.5 Å². The molecule has 2 unspecified atom stereocenters. The van der Waals surface area contributed by atoms with E-state index >= 15 is 0 Å². The van der Waals surface area contributed by atoms with Gasteiger partial charge in [0.25, 0.3) is 0 Å². The minimum Gasteiger partial charge on any atom is -0.379 e. The van der Waals surface area contributed by atoms with Crippen LogP contribution in [0.5, 0.6) is 0 Å². The van der Waals surface area contributed by atoms with E-state index in [0.29, 0.717) is 6.04 Å². The van der Waals surface area contributed by atoms with Gasteiger partial charge in [-0.1, -0.05) is 18.2 Å². The first-order valence-electron chi connectivity index (χ1n) is 7.26. The summed E-state index contributed by atoms with van der Waals surface area (Å²) in [6.45, 7) is 2.54. The van der Waals surface area contributed by atoms with E-state index in [1.54, 1.807) is 0 Å². The Kier molecular flexibility index (Phi) is 2.66. The van der Waals surface area contributed by atoms with Gasteiger partial charge in [-0.25, -0.2) is 0 Å². The molecule has 2 aromatic rings. The molecule has 3 nitrogen and oxygen atoms in total. The van der Waals surface area contributed by atoms with E-state index in [1.165, 1.54) is 43.4 Å². The number of nitrogens with one attached hydrogen (secondary N) is 1. The van der Waals surface area contributed by atoms with Gasteiger partial charge in [0.15, 0.2) is 0 Å². The molecule has 1 aromatic heterocycles. The predicted octanol–water partition coefficient (Wildman–Crippen LogP) is 2.88. The normalized spacial score (nSPS) is 26.7. The van der Waals surface area contributed by atoms with Gasteiger partial charge in [0.2, 0.25) is 0 Å². The van der Waals surface area contributed by atoms with Crippen molar-refractivity contribution in [3.63, 3.8) is 0 Å². The fourth-order valence-electron chi connectivity index (χ4n) is 3.67. The topological polar surface area (TPSA) is 28.2 Å². The standard InChI is InChI=1S/C16H19N3/c1-4-12-5-2-9-17-16(12)14(6-1)18-13-8-11-19-10-3-7-15(13)19/h1-2,4-6,9,13,15,18H,3,7-8,10-11H2. The number of benzene rings is 1. The maximum Gasteiger partial charge on any atom is 0.0933 e. The quantitative estimate of drug-likeness (QED) is 0.892. The van der Waals surface area contributed by atoms with Crippen LogP contribution in [0.3, 0.4) is 0 Å². The Morgan fingerprint density at radius 3 is 3.05 bits per heavy atom. The van der Waals surface area contributed by atoms with E-state index in [1.807, 2.05) is 12.3 Å². The maximum absolute atomic E-state index is 4.53. The molecular formula is C16H19N3. The highest BCUT2D eigenvalue weighted by Crippen LogP contribution is 2.31. The Labute approximate surface area is 113 Å². The zero-order valence-electron chi connectivity index (χ0n) is 11.0. The molecular weight excluding hydrogens is 234 g/mol. The molecule has 2 fully saturated rings. The molecule has 2 atom stereocenters. The van der Waals surface area contributed by atoms with Crippen molar-refractivity contribution in [2.45, 2.75) is 31.3 Å². The zero-order valence-corrected chi connectivity index (χ0v) is 11.0. The number of anilines is 1. The Hall–Kier alpha value is -1.61. The Morgan fingerprint density at radius 1 is 1.11 bits per heavy atom. The van der Waals surface area contributed by atoms with Crippen LogP contribution in [0.1, 0.15) is 19.3 Å². The van der Waals surface area contributed by atoms with Crippen LogP contribution in [0.4, 0.5) is 5.69 Å². The van der Waals surface area contributed by atoms with E-state index in [4.69, 9.17) is 0 Å². The average Bonchev–Trinajstić information content (AvgIpc) is 3.04. The summed E-state index contributed by atoms with van der Waals surface area (Å²) in [5.74, 6) is 0. The van der Waals surface area contributed by atoms with E-state index in [-0.39, 0.29) is 0 Å². The van der Waals surface area contributed by atoms with Gasteiger partial charge in [-0.3, -0.25) is 9.88 Å². The molecule has 0 spiro atoms. The van der Waals surface area contributed by atoms with E-state index in [0.717, 1.165) is 11.6 Å². The number of hydrogen-bond acceptors (Lipinski definition) is 3. The lowest BCUT2D eigenvalue weighted by Gasteiger charge is -2.22. The largest absolute Gasteiger partial charge is 0.379 e. The second-order valence-electron chi connectivity index (χ2n) is 5.67. The van der Waals surface area contributed by atoms with E-state index < -0.39 is 0 Å². The van der Waals surface area contributed by atoms with Crippen LogP contribution in [-0.2, 0) is 0 Å². The first-order chi connectivity index (χ1) is 9.42. The fourth-order valence-corrected chi connectivity index (χ4v) is 3.67. The summed E-state index contributed by atoms with van der Waals surface area (Å²) in [4.78, 5) is 7.17. The molecule has 19 heavy (non-hydrogen) atoms. The second-order valence-corrected chi connectivity index (χ2v) is 5.67. The minimum atomic E-state index is 0.593. The molecule has 2 aliphatic heterocycles. The Bertz CT molecular complexity index is 590. The third kappa shape index (κ3) is 1.89. The van der Waals surface area contributed by atoms with E-state index in [9.17, 15) is 0 Å². The highest BCUT2D eigenvalue weighted by molar-refractivity contribution is 5.90. The SMILES string of the molecule is c1cnc2c(NC3CCN4CCCC34)cccc2c1. The van der Waals surface area contributed by atoms with Crippen LogP contribution in [-0.4, -0.2) is 35.1 Å². The Morgan fingerprint density at radius 2 is 2.05 bits per heavy atom. The summed E-state index contributed by atoms with van der Waals surface area (Å²) >= 11 is 0. The summed E-state index contributed by atoms with van der Waals surface area (Å²) in [6.07, 6.45) is 5.84. The van der Waals surface area contributed by atoms with Gasteiger partial charge in [0.1, 0.15) is 0 Å². The first kappa shape index (κ1) is 11.2. The number of para-hydroxylation sites is 1. The van der Waals surface area contributed by atoms with Gasteiger partial charge in [-0.2, -0.15) is 0 Å². The number of hydrogen-bond donors (Lipinski definition) is 1.